The topological polar surface area (TPSA) is 12.0 Å². The van der Waals surface area contributed by atoms with E-state index in [1.54, 1.807) is 0 Å². The fourth-order valence-electron chi connectivity index (χ4n) is 1.43. The average molecular weight is 197 g/mol. The molecule has 0 aliphatic heterocycles. The molecule has 0 spiro atoms. The maximum atomic E-state index is 4.05. The third-order valence-electron chi connectivity index (χ3n) is 2.43. The zero-order chi connectivity index (χ0) is 11.2. The van der Waals surface area contributed by atoms with Crippen molar-refractivity contribution in [2.75, 3.05) is 6.54 Å². The van der Waals surface area contributed by atoms with Crippen LogP contribution >= 0.6 is 0 Å². The molecule has 0 saturated heterocycles. The fraction of sp³-hybridized carbons (Fsp3) is 0.846. The van der Waals surface area contributed by atoms with Crippen molar-refractivity contribution in [2.24, 2.45) is 5.92 Å². The number of nitrogens with one attached hydrogen (secondary N) is 1. The van der Waals surface area contributed by atoms with Crippen molar-refractivity contribution in [1.29, 1.82) is 0 Å². The molecule has 0 aliphatic carbocycles. The summed E-state index contributed by atoms with van der Waals surface area (Å²) in [5.41, 5.74) is 1.63. The minimum absolute atomic E-state index is 0.251. The standard InChI is InChI=1S/C13H27N/c1-7-11(2)10-12(3)8-9-14-13(4,5)6/h12,14H,2,7-10H2,1,3-6H3. The molecule has 0 fully saturated rings. The van der Waals surface area contributed by atoms with Crippen LogP contribution in [0, 0.1) is 5.92 Å². The molecule has 0 radical (unpaired) electrons. The predicted octanol–water partition coefficient (Wildman–Crippen LogP) is 3.76. The molecule has 0 bridgehead atoms. The Kier molecular flexibility index (Phi) is 6.10. The highest BCUT2D eigenvalue weighted by atomic mass is 14.9. The summed E-state index contributed by atoms with van der Waals surface area (Å²) in [4.78, 5) is 0. The molecule has 0 aromatic heterocycles. The van der Waals surface area contributed by atoms with Crippen LogP contribution in [0.25, 0.3) is 0 Å². The van der Waals surface area contributed by atoms with Crippen LogP contribution in [0.5, 0.6) is 0 Å². The van der Waals surface area contributed by atoms with Gasteiger partial charge >= 0.3 is 0 Å². The van der Waals surface area contributed by atoms with Crippen molar-refractivity contribution >= 4 is 0 Å². The van der Waals surface area contributed by atoms with Gasteiger partial charge in [-0.2, -0.15) is 0 Å². The summed E-state index contributed by atoms with van der Waals surface area (Å²) >= 11 is 0. The van der Waals surface area contributed by atoms with Gasteiger partial charge in [-0.3, -0.25) is 0 Å². The molecular formula is C13H27N. The van der Waals surface area contributed by atoms with Crippen LogP contribution < -0.4 is 5.32 Å². The van der Waals surface area contributed by atoms with E-state index in [2.05, 4.69) is 46.5 Å². The van der Waals surface area contributed by atoms with Crippen LogP contribution in [0.15, 0.2) is 12.2 Å². The third-order valence-corrected chi connectivity index (χ3v) is 2.43. The van der Waals surface area contributed by atoms with E-state index in [0.29, 0.717) is 0 Å². The lowest BCUT2D eigenvalue weighted by molar-refractivity contribution is 0.393. The molecule has 0 heterocycles. The molecule has 0 aromatic carbocycles. The van der Waals surface area contributed by atoms with Crippen molar-refractivity contribution in [1.82, 2.24) is 5.32 Å². The van der Waals surface area contributed by atoms with Crippen LogP contribution in [0.3, 0.4) is 0 Å². The monoisotopic (exact) mass is 197 g/mol. The van der Waals surface area contributed by atoms with E-state index in [1.165, 1.54) is 18.4 Å². The summed E-state index contributed by atoms with van der Waals surface area (Å²) in [6.45, 7) is 16.3. The molecule has 0 aromatic rings. The zero-order valence-corrected chi connectivity index (χ0v) is 10.6. The smallest absolute Gasteiger partial charge is 0.00965 e. The van der Waals surface area contributed by atoms with Crippen molar-refractivity contribution in [3.8, 4) is 0 Å². The first-order valence-electron chi connectivity index (χ1n) is 5.77. The van der Waals surface area contributed by atoms with Gasteiger partial charge in [0.15, 0.2) is 0 Å². The largest absolute Gasteiger partial charge is 0.312 e. The minimum Gasteiger partial charge on any atom is -0.312 e. The molecule has 0 aliphatic rings. The summed E-state index contributed by atoms with van der Waals surface area (Å²) in [7, 11) is 0. The molecule has 1 N–H and O–H groups in total. The van der Waals surface area contributed by atoms with Crippen LogP contribution in [0.4, 0.5) is 0 Å². The van der Waals surface area contributed by atoms with Gasteiger partial charge in [-0.05, 0) is 52.5 Å². The Morgan fingerprint density at radius 2 is 1.93 bits per heavy atom. The van der Waals surface area contributed by atoms with Crippen LogP contribution in [0.2, 0.25) is 0 Å². The highest BCUT2D eigenvalue weighted by molar-refractivity contribution is 4.93. The summed E-state index contributed by atoms with van der Waals surface area (Å²) in [6, 6.07) is 0. The molecule has 1 atom stereocenters. The van der Waals surface area contributed by atoms with E-state index in [0.717, 1.165) is 18.9 Å². The van der Waals surface area contributed by atoms with Gasteiger partial charge in [0.1, 0.15) is 0 Å². The lowest BCUT2D eigenvalue weighted by atomic mass is 9.97. The Morgan fingerprint density at radius 1 is 1.36 bits per heavy atom. The molecule has 1 nitrogen and oxygen atoms in total. The summed E-state index contributed by atoms with van der Waals surface area (Å²) in [5.74, 6) is 0.761. The fourth-order valence-corrected chi connectivity index (χ4v) is 1.43. The molecule has 1 heteroatoms. The maximum absolute atomic E-state index is 4.05. The van der Waals surface area contributed by atoms with Crippen molar-refractivity contribution in [2.45, 2.75) is 59.4 Å². The van der Waals surface area contributed by atoms with Gasteiger partial charge < -0.3 is 5.32 Å². The normalized spacial score (nSPS) is 14.1. The van der Waals surface area contributed by atoms with Gasteiger partial charge in [0.2, 0.25) is 0 Å². The van der Waals surface area contributed by atoms with Gasteiger partial charge in [-0.25, -0.2) is 0 Å². The van der Waals surface area contributed by atoms with Crippen molar-refractivity contribution in [3.63, 3.8) is 0 Å². The van der Waals surface area contributed by atoms with Crippen molar-refractivity contribution in [3.05, 3.63) is 12.2 Å². The highest BCUT2D eigenvalue weighted by Crippen LogP contribution is 2.15. The Hall–Kier alpha value is -0.300. The lowest BCUT2D eigenvalue weighted by Gasteiger charge is -2.22. The van der Waals surface area contributed by atoms with Crippen molar-refractivity contribution < 1.29 is 0 Å². The maximum Gasteiger partial charge on any atom is 0.00965 e. The molecular weight excluding hydrogens is 170 g/mol. The van der Waals surface area contributed by atoms with E-state index >= 15 is 0 Å². The van der Waals surface area contributed by atoms with Crippen LogP contribution in [-0.4, -0.2) is 12.1 Å². The molecule has 84 valence electrons. The Bertz CT molecular complexity index is 165. The second kappa shape index (κ2) is 6.23. The Labute approximate surface area is 90.0 Å². The highest BCUT2D eigenvalue weighted by Gasteiger charge is 2.09. The van der Waals surface area contributed by atoms with E-state index in [4.69, 9.17) is 0 Å². The van der Waals surface area contributed by atoms with Gasteiger partial charge in [-0.1, -0.05) is 26.0 Å². The van der Waals surface area contributed by atoms with E-state index in [9.17, 15) is 0 Å². The quantitative estimate of drug-likeness (QED) is 0.639. The third kappa shape index (κ3) is 8.31. The first-order chi connectivity index (χ1) is 6.35. The molecule has 0 amide bonds. The lowest BCUT2D eigenvalue weighted by Crippen LogP contribution is -2.36. The first kappa shape index (κ1) is 13.7. The van der Waals surface area contributed by atoms with E-state index < -0.39 is 0 Å². The summed E-state index contributed by atoms with van der Waals surface area (Å²) in [5, 5.41) is 3.51. The Morgan fingerprint density at radius 3 is 2.36 bits per heavy atom. The molecule has 0 rings (SSSR count). The SMILES string of the molecule is C=C(CC)CC(C)CCNC(C)(C)C. The van der Waals surface area contributed by atoms with E-state index in [-0.39, 0.29) is 5.54 Å². The molecule has 14 heavy (non-hydrogen) atoms. The second-order valence-corrected chi connectivity index (χ2v) is 5.38. The minimum atomic E-state index is 0.251. The van der Waals surface area contributed by atoms with Gasteiger partial charge in [0, 0.05) is 5.54 Å². The summed E-state index contributed by atoms with van der Waals surface area (Å²) in [6.07, 6.45) is 3.55. The number of hydrogen-bond acceptors (Lipinski definition) is 1. The van der Waals surface area contributed by atoms with Crippen LogP contribution in [0.1, 0.15) is 53.9 Å². The molecule has 0 saturated carbocycles. The van der Waals surface area contributed by atoms with Gasteiger partial charge in [0.25, 0.3) is 0 Å². The van der Waals surface area contributed by atoms with Crippen LogP contribution in [-0.2, 0) is 0 Å². The number of hydrogen-bond donors (Lipinski definition) is 1. The predicted molar refractivity (Wildman–Crippen MR) is 65.6 cm³/mol. The number of allylic oxidation sites excluding steroid dienone is 1. The van der Waals surface area contributed by atoms with Gasteiger partial charge in [0.05, 0.1) is 0 Å². The average Bonchev–Trinajstić information content (AvgIpc) is 2.01. The van der Waals surface area contributed by atoms with E-state index in [1.807, 2.05) is 0 Å². The zero-order valence-electron chi connectivity index (χ0n) is 10.6. The Balaban J connectivity index is 3.54. The second-order valence-electron chi connectivity index (χ2n) is 5.38. The number of rotatable bonds is 6. The molecule has 1 unspecified atom stereocenters. The summed E-state index contributed by atoms with van der Waals surface area (Å²) < 4.78 is 0. The first-order valence-corrected chi connectivity index (χ1v) is 5.77. The van der Waals surface area contributed by atoms with Gasteiger partial charge in [-0.15, -0.1) is 0 Å².